The number of carbonyl (C=O) groups is 8. The molecule has 3 aliphatic heterocycles. The van der Waals surface area contributed by atoms with Crippen LogP contribution in [0.3, 0.4) is 0 Å². The van der Waals surface area contributed by atoms with Crippen molar-refractivity contribution in [1.29, 1.82) is 0 Å². The van der Waals surface area contributed by atoms with Gasteiger partial charge in [-0.3, -0.25) is 48.0 Å². The van der Waals surface area contributed by atoms with E-state index in [9.17, 15) is 51.5 Å². The van der Waals surface area contributed by atoms with Crippen LogP contribution in [-0.4, -0.2) is 114 Å². The lowest BCUT2D eigenvalue weighted by Crippen LogP contribution is -2.65. The molecule has 1 unspecified atom stereocenters. The number of fused-ring (bicyclic) bond motifs is 2. The molecule has 3 saturated heterocycles. The molecular weight excluding hydrogens is 944 g/mol. The Morgan fingerprint density at radius 2 is 1.44 bits per heavy atom. The van der Waals surface area contributed by atoms with Gasteiger partial charge in [0.2, 0.25) is 41.4 Å². The van der Waals surface area contributed by atoms with Crippen molar-refractivity contribution in [3.8, 4) is 0 Å². The Balaban J connectivity index is 0.00000113. The van der Waals surface area contributed by atoms with Crippen LogP contribution >= 0.6 is 0 Å². The topological polar surface area (TPSA) is 292 Å². The number of carbonyl (C=O) groups excluding carboxylic acids is 7. The molecule has 386 valence electrons. The number of benzene rings is 3. The highest BCUT2D eigenvalue weighted by molar-refractivity contribution is 6.00. The van der Waals surface area contributed by atoms with E-state index in [4.69, 9.17) is 27.1 Å². The van der Waals surface area contributed by atoms with Crippen LogP contribution in [0.25, 0.3) is 11.0 Å². The molecule has 22 heteroatoms. The Labute approximate surface area is 412 Å². The molecule has 4 aromatic rings. The highest BCUT2D eigenvalue weighted by Gasteiger charge is 2.51. The third kappa shape index (κ3) is 12.4. The van der Waals surface area contributed by atoms with E-state index in [0.717, 1.165) is 31.2 Å². The lowest BCUT2D eigenvalue weighted by molar-refractivity contribution is -0.192. The zero-order chi connectivity index (χ0) is 52.5. The van der Waals surface area contributed by atoms with Crippen LogP contribution in [0.1, 0.15) is 106 Å². The van der Waals surface area contributed by atoms with Gasteiger partial charge < -0.3 is 37.4 Å². The van der Waals surface area contributed by atoms with Gasteiger partial charge in [0.25, 0.3) is 0 Å². The van der Waals surface area contributed by atoms with Gasteiger partial charge >= 0.3 is 17.8 Å². The average molecular weight is 1000 g/mol. The molecule has 3 fully saturated rings. The number of carboxylic acids is 1. The van der Waals surface area contributed by atoms with Crippen molar-refractivity contribution in [3.05, 3.63) is 106 Å². The molecular formula is C50H60F3N9O10. The molecule has 9 N–H and O–H groups in total. The number of alkyl halides is 3. The zero-order valence-corrected chi connectivity index (χ0v) is 39.8. The van der Waals surface area contributed by atoms with Gasteiger partial charge in [-0.05, 0) is 80.2 Å². The minimum absolute atomic E-state index is 0.00495. The van der Waals surface area contributed by atoms with Crippen LogP contribution in [-0.2, 0) is 51.8 Å². The fourth-order valence-electron chi connectivity index (χ4n) is 10.1. The lowest BCUT2D eigenvalue weighted by Gasteiger charge is -2.42. The molecule has 0 radical (unpaired) electrons. The SMILES string of the molecule is Cn1c(=O)n(C2CCC(=O)NC2=O)c2cc(CCCCCCC(=O)N3CC[C@H]4CC[C@@H](C(=O)N[C@](CCC(N)=O)(C(N)=O)C(c5ccccc5)c5ccccc5)N4C(=O)[C@@H](N)C3)ccc21.O=C(O)C(F)(F)F. The molecule has 4 heterocycles. The van der Waals surface area contributed by atoms with Gasteiger partial charge in [0, 0.05) is 51.4 Å². The minimum atomic E-state index is -5.08. The number of aryl methyl sites for hydroxylation is 2. The van der Waals surface area contributed by atoms with Crippen molar-refractivity contribution < 1.29 is 56.6 Å². The number of unbranched alkanes of at least 4 members (excludes halogenated alkanes) is 3. The van der Waals surface area contributed by atoms with E-state index in [2.05, 4.69) is 10.6 Å². The highest BCUT2D eigenvalue weighted by atomic mass is 19.4. The van der Waals surface area contributed by atoms with Crippen LogP contribution in [0.4, 0.5) is 13.2 Å². The Hall–Kier alpha value is -7.36. The number of hydrogen-bond acceptors (Lipinski definition) is 10. The number of carboxylic acid groups (broad SMARTS) is 1. The number of nitrogens with one attached hydrogen (secondary N) is 2. The first-order valence-corrected chi connectivity index (χ1v) is 23.8. The van der Waals surface area contributed by atoms with Crippen molar-refractivity contribution in [2.24, 2.45) is 24.2 Å². The summed E-state index contributed by atoms with van der Waals surface area (Å²) in [5.41, 5.74) is 20.0. The molecule has 7 rings (SSSR count). The van der Waals surface area contributed by atoms with Crippen LogP contribution < -0.4 is 33.5 Å². The average Bonchev–Trinajstić information content (AvgIpc) is 3.87. The first kappa shape index (κ1) is 54.0. The summed E-state index contributed by atoms with van der Waals surface area (Å²) in [6.45, 7) is 0.351. The summed E-state index contributed by atoms with van der Waals surface area (Å²) < 4.78 is 34.7. The molecule has 72 heavy (non-hydrogen) atoms. The second-order valence-corrected chi connectivity index (χ2v) is 18.5. The summed E-state index contributed by atoms with van der Waals surface area (Å²) in [6.07, 6.45) is 0.322. The zero-order valence-electron chi connectivity index (χ0n) is 39.8. The molecule has 0 spiro atoms. The Bertz CT molecular complexity index is 2690. The van der Waals surface area contributed by atoms with Crippen molar-refractivity contribution in [2.45, 2.75) is 125 Å². The number of rotatable bonds is 17. The van der Waals surface area contributed by atoms with E-state index in [-0.39, 0.29) is 55.8 Å². The number of imidazole rings is 1. The van der Waals surface area contributed by atoms with Crippen LogP contribution in [0, 0.1) is 0 Å². The third-order valence-electron chi connectivity index (χ3n) is 13.7. The summed E-state index contributed by atoms with van der Waals surface area (Å²) >= 11 is 0. The lowest BCUT2D eigenvalue weighted by atomic mass is 9.71. The van der Waals surface area contributed by atoms with E-state index in [1.54, 1.807) is 11.9 Å². The van der Waals surface area contributed by atoms with Crippen LogP contribution in [0.2, 0.25) is 0 Å². The van der Waals surface area contributed by atoms with E-state index in [1.165, 1.54) is 14.0 Å². The van der Waals surface area contributed by atoms with Gasteiger partial charge in [-0.15, -0.1) is 0 Å². The number of hydrogen-bond donors (Lipinski definition) is 6. The first-order chi connectivity index (χ1) is 34.1. The minimum Gasteiger partial charge on any atom is -0.475 e. The van der Waals surface area contributed by atoms with Gasteiger partial charge in [-0.1, -0.05) is 79.6 Å². The standard InChI is InChI=1S/C48H59N9O8.C2HF3O2/c1-54-35-20-18-30(28-38(35)57(47(54)65)36-22-23-40(59)52-43(36)61)12-6-2-3-11-17-41(60)55-27-25-33-19-21-37(56(33)45(63)34(49)29-55)44(62)53-48(46(51)64,26-24-39(50)58)42(31-13-7-4-8-14-31)32-15-9-5-10-16-32;3-2(4,5)1(6)7/h4-5,7-10,13-16,18,20,28,33-34,36-37,42H,2-3,6,11-12,17,19,21-27,29,49H2,1H3,(H2,50,58)(H2,51,64)(H,53,62)(H,52,59,61);(H,6,7)/t33-,34+,36?,37+,48+;/m1./s1. The molecule has 5 atom stereocenters. The van der Waals surface area contributed by atoms with Gasteiger partial charge in [-0.2, -0.15) is 13.2 Å². The van der Waals surface area contributed by atoms with E-state index in [1.807, 2.05) is 78.9 Å². The largest absolute Gasteiger partial charge is 0.490 e. The van der Waals surface area contributed by atoms with Crippen molar-refractivity contribution in [3.63, 3.8) is 0 Å². The highest BCUT2D eigenvalue weighted by Crippen LogP contribution is 2.39. The second kappa shape index (κ2) is 23.2. The summed E-state index contributed by atoms with van der Waals surface area (Å²) in [5.74, 6) is -7.04. The number of imide groups is 1. The maximum atomic E-state index is 14.5. The second-order valence-electron chi connectivity index (χ2n) is 18.5. The summed E-state index contributed by atoms with van der Waals surface area (Å²) in [4.78, 5) is 118. The van der Waals surface area contributed by atoms with Crippen molar-refractivity contribution >= 4 is 58.4 Å². The van der Waals surface area contributed by atoms with Gasteiger partial charge in [0.15, 0.2) is 0 Å². The summed E-state index contributed by atoms with van der Waals surface area (Å²) in [5, 5.41) is 12.4. The fraction of sp³-hybridized carbons (Fsp3) is 0.460. The van der Waals surface area contributed by atoms with Crippen molar-refractivity contribution in [1.82, 2.24) is 29.6 Å². The van der Waals surface area contributed by atoms with Crippen LogP contribution in [0.5, 0.6) is 0 Å². The number of aromatic nitrogens is 2. The molecule has 3 aromatic carbocycles. The fourth-order valence-corrected chi connectivity index (χ4v) is 10.1. The van der Waals surface area contributed by atoms with Crippen molar-refractivity contribution in [2.75, 3.05) is 13.1 Å². The van der Waals surface area contributed by atoms with Gasteiger partial charge in [-0.25, -0.2) is 9.59 Å². The smallest absolute Gasteiger partial charge is 0.475 e. The van der Waals surface area contributed by atoms with E-state index < -0.39 is 71.3 Å². The number of piperidine rings is 1. The number of nitrogens with zero attached hydrogens (tertiary/aromatic N) is 4. The number of halogens is 3. The monoisotopic (exact) mass is 1000 g/mol. The summed E-state index contributed by atoms with van der Waals surface area (Å²) in [7, 11) is 1.66. The predicted molar refractivity (Wildman–Crippen MR) is 255 cm³/mol. The number of primary amides is 2. The molecule has 7 amide bonds. The Morgan fingerprint density at radius 1 is 0.819 bits per heavy atom. The first-order valence-electron chi connectivity index (χ1n) is 23.8. The number of nitrogens with two attached hydrogens (primary N) is 3. The Kier molecular flexibility index (Phi) is 17.4. The van der Waals surface area contributed by atoms with E-state index >= 15 is 0 Å². The predicted octanol–water partition coefficient (Wildman–Crippen LogP) is 2.80. The van der Waals surface area contributed by atoms with Crippen LogP contribution in [0.15, 0.2) is 83.7 Å². The maximum Gasteiger partial charge on any atom is 0.490 e. The number of aliphatic carboxylic acids is 1. The Morgan fingerprint density at radius 3 is 2.03 bits per heavy atom. The molecule has 0 aliphatic carbocycles. The van der Waals surface area contributed by atoms with E-state index in [0.29, 0.717) is 60.8 Å². The summed E-state index contributed by atoms with van der Waals surface area (Å²) in [6, 6.07) is 20.8. The normalized spacial score (nSPS) is 20.1. The third-order valence-corrected chi connectivity index (χ3v) is 13.7. The maximum absolute atomic E-state index is 14.5. The number of amides is 7. The molecule has 0 bridgehead atoms. The molecule has 3 aliphatic rings. The van der Waals surface area contributed by atoms with Gasteiger partial charge in [0.1, 0.15) is 23.7 Å². The molecule has 19 nitrogen and oxygen atoms in total. The molecule has 1 aromatic heterocycles. The van der Waals surface area contributed by atoms with Gasteiger partial charge in [0.05, 0.1) is 11.0 Å². The molecule has 0 saturated carbocycles. The quantitative estimate of drug-likeness (QED) is 0.0661.